The summed E-state index contributed by atoms with van der Waals surface area (Å²) < 4.78 is 20.1. The molecule has 2 N–H and O–H groups in total. The summed E-state index contributed by atoms with van der Waals surface area (Å²) in [4.78, 5) is 6.41. The third kappa shape index (κ3) is 23.3. The first-order valence-corrected chi connectivity index (χ1v) is 23.4. The lowest BCUT2D eigenvalue weighted by atomic mass is 10.5. The van der Waals surface area contributed by atoms with E-state index in [4.69, 9.17) is 13.3 Å². The molecule has 0 atom stereocenters. The Kier molecular flexibility index (Phi) is 22.5. The topological polar surface area (TPSA) is 55.0 Å². The van der Waals surface area contributed by atoms with E-state index >= 15 is 0 Å². The summed E-state index contributed by atoms with van der Waals surface area (Å²) in [5.41, 5.74) is 0. The highest BCUT2D eigenvalue weighted by atomic mass is 28.4. The van der Waals surface area contributed by atoms with E-state index in [1.54, 1.807) is 0 Å². The van der Waals surface area contributed by atoms with Crippen LogP contribution in [0, 0.1) is 0 Å². The van der Waals surface area contributed by atoms with Crippen LogP contribution in [-0.2, 0) is 13.3 Å². The second-order valence-electron chi connectivity index (χ2n) is 9.62. The Morgan fingerprint density at radius 1 is 0.800 bits per heavy atom. The maximum absolute atomic E-state index is 5.87. The SMILES string of the molecule is CCO[Si](CCCN(C)[Si](C)(C)C)(OCC)OCC.CN[SiH](C)C.CN[Si](C)(C)C. The molecule has 0 aliphatic heterocycles. The van der Waals surface area contributed by atoms with E-state index in [-0.39, 0.29) is 0 Å². The zero-order valence-corrected chi connectivity index (χ0v) is 27.1. The van der Waals surface area contributed by atoms with Crippen molar-refractivity contribution in [3.05, 3.63) is 0 Å². The van der Waals surface area contributed by atoms with Crippen molar-refractivity contribution in [2.75, 3.05) is 47.5 Å². The lowest BCUT2D eigenvalue weighted by Gasteiger charge is -2.32. The van der Waals surface area contributed by atoms with Crippen LogP contribution in [0.25, 0.3) is 0 Å². The van der Waals surface area contributed by atoms with E-state index < -0.39 is 34.2 Å². The smallest absolute Gasteiger partial charge is 0.374 e. The predicted molar refractivity (Wildman–Crippen MR) is 146 cm³/mol. The monoisotopic (exact) mass is 499 g/mol. The predicted octanol–water partition coefficient (Wildman–Crippen LogP) is 4.42. The Morgan fingerprint density at radius 3 is 1.33 bits per heavy atom. The molecule has 0 aromatic rings. The number of nitrogens with zero attached hydrogens (tertiary/aromatic N) is 1. The van der Waals surface area contributed by atoms with Gasteiger partial charge in [0.15, 0.2) is 0 Å². The molecular formula is C20H57N3O3Si4. The summed E-state index contributed by atoms with van der Waals surface area (Å²) in [7, 11) is 1.35. The maximum atomic E-state index is 5.87. The molecule has 0 unspecified atom stereocenters. The third-order valence-corrected chi connectivity index (χ3v) is 12.9. The number of hydrogen-bond donors (Lipinski definition) is 2. The van der Waals surface area contributed by atoms with Crippen LogP contribution in [0.5, 0.6) is 0 Å². The van der Waals surface area contributed by atoms with Gasteiger partial charge in [-0.2, -0.15) is 0 Å². The minimum absolute atomic E-state index is 0.400. The largest absolute Gasteiger partial charge is 0.500 e. The van der Waals surface area contributed by atoms with Crippen molar-refractivity contribution < 1.29 is 13.3 Å². The summed E-state index contributed by atoms with van der Waals surface area (Å²) in [5.74, 6) is 0. The van der Waals surface area contributed by atoms with Crippen molar-refractivity contribution in [2.45, 2.75) is 85.6 Å². The Hall–Kier alpha value is 0.628. The first kappa shape index (κ1) is 35.2. The van der Waals surface area contributed by atoms with Crippen molar-refractivity contribution in [3.63, 3.8) is 0 Å². The molecule has 10 heteroatoms. The molecule has 0 fully saturated rings. The molecule has 0 bridgehead atoms. The average Bonchev–Trinajstić information content (AvgIpc) is 2.62. The molecule has 0 saturated heterocycles. The van der Waals surface area contributed by atoms with Gasteiger partial charge in [-0.25, -0.2) is 0 Å². The summed E-state index contributed by atoms with van der Waals surface area (Å²) in [6.45, 7) is 27.5. The molecule has 0 amide bonds. The fraction of sp³-hybridized carbons (Fsp3) is 1.00. The van der Waals surface area contributed by atoms with Crippen LogP contribution < -0.4 is 9.96 Å². The van der Waals surface area contributed by atoms with E-state index in [1.165, 1.54) is 0 Å². The van der Waals surface area contributed by atoms with Crippen LogP contribution in [0.4, 0.5) is 0 Å². The summed E-state index contributed by atoms with van der Waals surface area (Å²) in [5, 5.41) is 0. The number of hydrogen-bond acceptors (Lipinski definition) is 6. The summed E-state index contributed by atoms with van der Waals surface area (Å²) in [6.07, 6.45) is 1.08. The van der Waals surface area contributed by atoms with Gasteiger partial charge in [-0.1, -0.05) is 52.4 Å². The first-order chi connectivity index (χ1) is 13.6. The average molecular weight is 500 g/mol. The fourth-order valence-electron chi connectivity index (χ4n) is 1.87. The quantitative estimate of drug-likeness (QED) is 0.366. The zero-order chi connectivity index (χ0) is 24.4. The van der Waals surface area contributed by atoms with Crippen molar-refractivity contribution >= 4 is 34.2 Å². The lowest BCUT2D eigenvalue weighted by molar-refractivity contribution is 0.0705. The van der Waals surface area contributed by atoms with E-state index in [0.29, 0.717) is 19.8 Å². The number of nitrogens with one attached hydrogen (secondary N) is 2. The van der Waals surface area contributed by atoms with E-state index in [9.17, 15) is 0 Å². The second-order valence-corrected chi connectivity index (χ2v) is 25.3. The fourth-order valence-corrected chi connectivity index (χ4v) is 5.29. The van der Waals surface area contributed by atoms with Crippen LogP contribution in [0.15, 0.2) is 0 Å². The number of rotatable bonds is 13. The van der Waals surface area contributed by atoms with Gasteiger partial charge in [-0.05, 0) is 54.9 Å². The van der Waals surface area contributed by atoms with Crippen LogP contribution in [0.1, 0.15) is 27.2 Å². The molecule has 0 aliphatic carbocycles. The van der Waals surface area contributed by atoms with Crippen molar-refractivity contribution in [1.29, 1.82) is 0 Å². The Bertz CT molecular complexity index is 362. The normalized spacial score (nSPS) is 12.4. The molecule has 0 rings (SSSR count). The molecule has 0 spiro atoms. The molecule has 0 heterocycles. The van der Waals surface area contributed by atoms with E-state index in [2.05, 4.69) is 74.0 Å². The highest BCUT2D eigenvalue weighted by Crippen LogP contribution is 2.19. The van der Waals surface area contributed by atoms with Crippen LogP contribution in [0.2, 0.25) is 58.4 Å². The third-order valence-electron chi connectivity index (χ3n) is 4.54. The Balaban J connectivity index is -0.000000541. The maximum Gasteiger partial charge on any atom is 0.500 e. The second kappa shape index (κ2) is 19.1. The molecule has 0 aromatic carbocycles. The lowest BCUT2D eigenvalue weighted by Crippen LogP contribution is -2.48. The molecule has 6 nitrogen and oxygen atoms in total. The van der Waals surface area contributed by atoms with Gasteiger partial charge in [0.2, 0.25) is 0 Å². The highest BCUT2D eigenvalue weighted by molar-refractivity contribution is 6.73. The van der Waals surface area contributed by atoms with Gasteiger partial charge in [-0.3, -0.25) is 0 Å². The minimum Gasteiger partial charge on any atom is -0.374 e. The van der Waals surface area contributed by atoms with E-state index in [1.807, 2.05) is 34.9 Å². The minimum atomic E-state index is -2.43. The van der Waals surface area contributed by atoms with Gasteiger partial charge in [0.25, 0.3) is 0 Å². The van der Waals surface area contributed by atoms with Crippen LogP contribution in [0.3, 0.4) is 0 Å². The van der Waals surface area contributed by atoms with Gasteiger partial charge in [0.05, 0.1) is 0 Å². The summed E-state index contributed by atoms with van der Waals surface area (Å²) in [6, 6.07) is 0.914. The van der Waals surface area contributed by atoms with Gasteiger partial charge in [0.1, 0.15) is 25.4 Å². The standard InChI is InChI=1S/C13H33NO3Si2.C4H13NSi.C3H11NSi/c1-8-15-19(16-9-2,17-10-3)13-11-12-14(4)18(5,6)7;1-5-6(2,3)4;1-4-5(2)3/h8-13H2,1-7H3;5H,1-4H3;4-5H,1-3H3. The molecule has 186 valence electrons. The summed E-state index contributed by atoms with van der Waals surface area (Å²) >= 11 is 0. The molecule has 0 radical (unpaired) electrons. The van der Waals surface area contributed by atoms with Crippen LogP contribution in [-0.4, -0.2) is 86.3 Å². The van der Waals surface area contributed by atoms with Gasteiger partial charge < -0.3 is 27.8 Å². The molecule has 0 aliphatic rings. The van der Waals surface area contributed by atoms with E-state index in [0.717, 1.165) is 19.0 Å². The van der Waals surface area contributed by atoms with Gasteiger partial charge in [0, 0.05) is 25.9 Å². The van der Waals surface area contributed by atoms with Crippen molar-refractivity contribution in [1.82, 2.24) is 14.5 Å². The van der Waals surface area contributed by atoms with Crippen LogP contribution >= 0.6 is 0 Å². The zero-order valence-electron chi connectivity index (χ0n) is 23.0. The molecule has 0 saturated carbocycles. The Labute approximate surface area is 195 Å². The molecule has 30 heavy (non-hydrogen) atoms. The van der Waals surface area contributed by atoms with Crippen molar-refractivity contribution in [2.24, 2.45) is 0 Å². The molecule has 0 aromatic heterocycles. The van der Waals surface area contributed by atoms with Gasteiger partial charge in [-0.15, -0.1) is 0 Å². The Morgan fingerprint density at radius 2 is 1.13 bits per heavy atom. The van der Waals surface area contributed by atoms with Gasteiger partial charge >= 0.3 is 8.80 Å². The molecular weight excluding hydrogens is 443 g/mol. The highest BCUT2D eigenvalue weighted by Gasteiger charge is 2.39. The first-order valence-electron chi connectivity index (χ1n) is 11.6. The van der Waals surface area contributed by atoms with Crippen molar-refractivity contribution in [3.8, 4) is 0 Å².